The van der Waals surface area contributed by atoms with Gasteiger partial charge in [0.1, 0.15) is 5.69 Å². The van der Waals surface area contributed by atoms with E-state index >= 15 is 0 Å². The van der Waals surface area contributed by atoms with Crippen LogP contribution in [0.1, 0.15) is 23.2 Å². The van der Waals surface area contributed by atoms with Crippen molar-refractivity contribution in [3.05, 3.63) is 23.9 Å². The van der Waals surface area contributed by atoms with Gasteiger partial charge in [-0.2, -0.15) is 5.21 Å². The van der Waals surface area contributed by atoms with Gasteiger partial charge in [-0.05, 0) is 30.2 Å². The fourth-order valence-corrected chi connectivity index (χ4v) is 1.43. The fraction of sp³-hybridized carbons (Fsp3) is 0.300. The molecule has 1 aliphatic rings. The summed E-state index contributed by atoms with van der Waals surface area (Å²) in [6.07, 6.45) is 3.66. The maximum Gasteiger partial charge on any atom is 0.253 e. The molecule has 2 aromatic heterocycles. The second-order valence-corrected chi connectivity index (χ2v) is 3.92. The molecule has 86 valence electrons. The molecule has 17 heavy (non-hydrogen) atoms. The Bertz CT molecular complexity index is 516. The predicted octanol–water partition coefficient (Wildman–Crippen LogP) is 0.154. The van der Waals surface area contributed by atoms with Crippen molar-refractivity contribution in [1.29, 1.82) is 0 Å². The zero-order chi connectivity index (χ0) is 11.7. The average molecular weight is 230 g/mol. The van der Waals surface area contributed by atoms with Crippen molar-refractivity contribution < 1.29 is 4.79 Å². The van der Waals surface area contributed by atoms with Crippen LogP contribution in [0.25, 0.3) is 11.5 Å². The molecule has 2 aromatic rings. The Balaban J connectivity index is 1.77. The topological polar surface area (TPSA) is 96.5 Å². The minimum Gasteiger partial charge on any atom is -0.349 e. The molecule has 0 aromatic carbocycles. The van der Waals surface area contributed by atoms with Gasteiger partial charge in [0.15, 0.2) is 0 Å². The van der Waals surface area contributed by atoms with Gasteiger partial charge < -0.3 is 5.32 Å². The number of carbonyl (C=O) groups excluding carboxylic acids is 1. The van der Waals surface area contributed by atoms with E-state index in [9.17, 15) is 4.79 Å². The molecular weight excluding hydrogens is 220 g/mol. The molecule has 0 saturated heterocycles. The molecule has 7 nitrogen and oxygen atoms in total. The number of tetrazole rings is 1. The summed E-state index contributed by atoms with van der Waals surface area (Å²) >= 11 is 0. The predicted molar refractivity (Wildman–Crippen MR) is 57.9 cm³/mol. The van der Waals surface area contributed by atoms with Gasteiger partial charge in [-0.1, -0.05) is 0 Å². The van der Waals surface area contributed by atoms with Gasteiger partial charge in [0, 0.05) is 12.2 Å². The highest BCUT2D eigenvalue weighted by molar-refractivity contribution is 5.94. The van der Waals surface area contributed by atoms with Crippen molar-refractivity contribution >= 4 is 5.91 Å². The van der Waals surface area contributed by atoms with Crippen molar-refractivity contribution in [3.63, 3.8) is 0 Å². The van der Waals surface area contributed by atoms with Crippen molar-refractivity contribution in [2.75, 3.05) is 0 Å². The second kappa shape index (κ2) is 3.93. The Hall–Kier alpha value is -2.31. The average Bonchev–Trinajstić information content (AvgIpc) is 3.00. The Morgan fingerprint density at radius 3 is 2.88 bits per heavy atom. The third kappa shape index (κ3) is 2.12. The lowest BCUT2D eigenvalue weighted by Crippen LogP contribution is -2.25. The van der Waals surface area contributed by atoms with Crippen molar-refractivity contribution in [2.24, 2.45) is 0 Å². The van der Waals surface area contributed by atoms with E-state index < -0.39 is 0 Å². The monoisotopic (exact) mass is 230 g/mol. The van der Waals surface area contributed by atoms with E-state index in [0.29, 0.717) is 23.1 Å². The highest BCUT2D eigenvalue weighted by Crippen LogP contribution is 2.19. The summed E-state index contributed by atoms with van der Waals surface area (Å²) in [7, 11) is 0. The number of amides is 1. The smallest absolute Gasteiger partial charge is 0.253 e. The third-order valence-corrected chi connectivity index (χ3v) is 2.51. The van der Waals surface area contributed by atoms with Crippen LogP contribution in [0, 0.1) is 0 Å². The molecule has 2 heterocycles. The zero-order valence-electron chi connectivity index (χ0n) is 8.92. The summed E-state index contributed by atoms with van der Waals surface area (Å²) in [5, 5.41) is 16.3. The van der Waals surface area contributed by atoms with Crippen LogP contribution in [0.15, 0.2) is 18.3 Å². The first-order valence-electron chi connectivity index (χ1n) is 5.33. The SMILES string of the molecule is O=C(NC1CC1)c1ccc(-c2nn[nH]n2)nc1. The number of pyridine rings is 1. The molecule has 1 amide bonds. The van der Waals surface area contributed by atoms with Crippen molar-refractivity contribution in [1.82, 2.24) is 30.9 Å². The fourth-order valence-electron chi connectivity index (χ4n) is 1.43. The molecule has 0 bridgehead atoms. The molecule has 7 heteroatoms. The zero-order valence-corrected chi connectivity index (χ0v) is 8.92. The van der Waals surface area contributed by atoms with Gasteiger partial charge in [0.2, 0.25) is 5.82 Å². The Kier molecular flexibility index (Phi) is 2.28. The largest absolute Gasteiger partial charge is 0.349 e. The van der Waals surface area contributed by atoms with Crippen molar-refractivity contribution in [2.45, 2.75) is 18.9 Å². The number of carbonyl (C=O) groups is 1. The summed E-state index contributed by atoms with van der Waals surface area (Å²) in [6, 6.07) is 3.75. The number of hydrogen-bond donors (Lipinski definition) is 2. The normalized spacial score (nSPS) is 14.6. The maximum absolute atomic E-state index is 11.7. The Morgan fingerprint density at radius 2 is 2.29 bits per heavy atom. The highest BCUT2D eigenvalue weighted by atomic mass is 16.1. The number of hydrogen-bond acceptors (Lipinski definition) is 5. The van der Waals surface area contributed by atoms with Crippen LogP contribution in [0.3, 0.4) is 0 Å². The van der Waals surface area contributed by atoms with E-state index in [-0.39, 0.29) is 5.91 Å². The van der Waals surface area contributed by atoms with Crippen LogP contribution >= 0.6 is 0 Å². The maximum atomic E-state index is 11.7. The minimum atomic E-state index is -0.0836. The van der Waals surface area contributed by atoms with Crippen LogP contribution in [0.4, 0.5) is 0 Å². The van der Waals surface area contributed by atoms with E-state index in [1.54, 1.807) is 12.1 Å². The first-order valence-corrected chi connectivity index (χ1v) is 5.33. The molecule has 0 unspecified atom stereocenters. The number of H-pyrrole nitrogens is 1. The third-order valence-electron chi connectivity index (χ3n) is 2.51. The Labute approximate surface area is 96.6 Å². The van der Waals surface area contributed by atoms with Gasteiger partial charge in [-0.3, -0.25) is 9.78 Å². The quantitative estimate of drug-likeness (QED) is 0.782. The molecule has 1 aliphatic carbocycles. The molecule has 0 atom stereocenters. The van der Waals surface area contributed by atoms with Gasteiger partial charge in [0.05, 0.1) is 5.56 Å². The first kappa shape index (κ1) is 9.88. The summed E-state index contributed by atoms with van der Waals surface area (Å²) < 4.78 is 0. The van der Waals surface area contributed by atoms with Gasteiger partial charge in [-0.15, -0.1) is 10.2 Å². The number of aromatic nitrogens is 5. The van der Waals surface area contributed by atoms with Gasteiger partial charge >= 0.3 is 0 Å². The van der Waals surface area contributed by atoms with Crippen molar-refractivity contribution in [3.8, 4) is 11.5 Å². The molecule has 0 spiro atoms. The second-order valence-electron chi connectivity index (χ2n) is 3.92. The van der Waals surface area contributed by atoms with E-state index in [1.807, 2.05) is 0 Å². The minimum absolute atomic E-state index is 0.0836. The molecule has 0 aliphatic heterocycles. The lowest BCUT2D eigenvalue weighted by Gasteiger charge is -2.02. The summed E-state index contributed by atoms with van der Waals surface area (Å²) in [5.41, 5.74) is 1.13. The van der Waals surface area contributed by atoms with Crippen LogP contribution in [-0.2, 0) is 0 Å². The van der Waals surface area contributed by atoms with E-state index in [1.165, 1.54) is 6.20 Å². The molecule has 1 fully saturated rings. The van der Waals surface area contributed by atoms with E-state index in [0.717, 1.165) is 12.8 Å². The lowest BCUT2D eigenvalue weighted by molar-refractivity contribution is 0.0951. The van der Waals surface area contributed by atoms with E-state index in [4.69, 9.17) is 0 Å². The first-order chi connectivity index (χ1) is 8.33. The van der Waals surface area contributed by atoms with Crippen LogP contribution in [-0.4, -0.2) is 37.6 Å². The molecule has 0 radical (unpaired) electrons. The number of aromatic amines is 1. The van der Waals surface area contributed by atoms with Gasteiger partial charge in [0.25, 0.3) is 5.91 Å². The number of nitrogens with one attached hydrogen (secondary N) is 2. The molecule has 2 N–H and O–H groups in total. The van der Waals surface area contributed by atoms with Crippen LogP contribution in [0.5, 0.6) is 0 Å². The molecular formula is C10H10N6O. The van der Waals surface area contributed by atoms with E-state index in [2.05, 4.69) is 30.9 Å². The summed E-state index contributed by atoms with van der Waals surface area (Å²) in [6.45, 7) is 0. The molecule has 3 rings (SSSR count). The number of rotatable bonds is 3. The lowest BCUT2D eigenvalue weighted by atomic mass is 10.2. The highest BCUT2D eigenvalue weighted by Gasteiger charge is 2.23. The standard InChI is InChI=1S/C10H10N6O/c17-10(12-7-2-3-7)6-1-4-8(11-5-6)9-13-15-16-14-9/h1,4-5,7H,2-3H2,(H,12,17)(H,13,14,15,16). The van der Waals surface area contributed by atoms with Crippen LogP contribution < -0.4 is 5.32 Å². The Morgan fingerprint density at radius 1 is 1.41 bits per heavy atom. The molecule has 1 saturated carbocycles. The van der Waals surface area contributed by atoms with Gasteiger partial charge in [-0.25, -0.2) is 0 Å². The summed E-state index contributed by atoms with van der Waals surface area (Å²) in [5.74, 6) is 0.332. The van der Waals surface area contributed by atoms with Crippen LogP contribution in [0.2, 0.25) is 0 Å². The number of nitrogens with zero attached hydrogens (tertiary/aromatic N) is 4. The summed E-state index contributed by atoms with van der Waals surface area (Å²) in [4.78, 5) is 15.8.